The first-order valence-electron chi connectivity index (χ1n) is 28.7. The number of carbonyl (C=O) groups is 2. The molecule has 0 unspecified atom stereocenters. The van der Waals surface area contributed by atoms with Crippen molar-refractivity contribution < 1.29 is 93.2 Å². The van der Waals surface area contributed by atoms with Crippen LogP contribution in [0, 0.1) is 57.9 Å². The minimum Gasteiger partial charge on any atom is -1.00 e. The topological polar surface area (TPSA) is 365 Å². The number of halogens is 3. The number of rotatable bonds is 26. The van der Waals surface area contributed by atoms with Gasteiger partial charge in [0.15, 0.2) is 44.7 Å². The first kappa shape index (κ1) is 77.0. The molecule has 508 valence electrons. The van der Waals surface area contributed by atoms with Gasteiger partial charge >= 0.3 is 49.7 Å². The maximum absolute atomic E-state index is 14.3. The third-order valence-corrected chi connectivity index (χ3v) is 17.4. The standard InChI is InChI=1S/C23H22FN5O4S.C22H21FN6O4S.C19H17FN6O3S.Na.H/c1-4-18(30)13-34(31,32)21-11-17(6-5-15(21)2)28-23-26-12-20(24)22(29-23)27-16-7-9-19(10-8-16)33-14-25-3;1-4-20(30)29-34(31,32)19-11-16(6-5-14(19)2)27-22-25-12-18(23)21(28-22)26-15-7-9-17(10-8-15)33-13-24-3;1-12-3-4-14(9-17(12)30(21,27)28)25-19-23-10-16(20)18(26-19)24-13-5-7-15(8-6-13)29-11-22-2;;/h5-12H,4,13-14H2,1-2H3,(H2,26,27,28,29);5-12H,4,13H2,1-2H3,(H,29,30)(H2,25,26,27,28);3-10H,11H2,1H3,(H2,21,27,28)(H2,23,24,25,26);;/q;;;+1;-1. The number of carbonyl (C=O) groups excluding carboxylic acids is 2. The summed E-state index contributed by atoms with van der Waals surface area (Å²) < 4.78 is 134. The molecule has 3 heterocycles. The number of benzene rings is 6. The van der Waals surface area contributed by atoms with Gasteiger partial charge < -0.3 is 47.5 Å². The van der Waals surface area contributed by atoms with Gasteiger partial charge in [0.05, 0.1) is 33.3 Å². The smallest absolute Gasteiger partial charge is 1.00 e. The number of aryl methyl sites for hydroxylation is 3. The molecule has 6 aromatic carbocycles. The van der Waals surface area contributed by atoms with Crippen LogP contribution in [0.1, 0.15) is 44.8 Å². The molecule has 1 amide bonds. The fourth-order valence-electron chi connectivity index (χ4n) is 8.20. The number of ketones is 1. The van der Waals surface area contributed by atoms with E-state index in [1.165, 1.54) is 18.2 Å². The van der Waals surface area contributed by atoms with E-state index in [1.54, 1.807) is 144 Å². The number of nitrogens with one attached hydrogen (secondary N) is 7. The molecule has 0 aliphatic heterocycles. The van der Waals surface area contributed by atoms with Crippen LogP contribution < -0.4 is 85.5 Å². The van der Waals surface area contributed by atoms with Gasteiger partial charge in [0.1, 0.15) is 28.8 Å². The minimum atomic E-state index is -4.06. The molecule has 0 aliphatic carbocycles. The second-order valence-electron chi connectivity index (χ2n) is 20.3. The molecule has 0 aliphatic rings. The molecule has 0 atom stereocenters. The predicted molar refractivity (Wildman–Crippen MR) is 360 cm³/mol. The molecule has 28 nitrogen and oxygen atoms in total. The summed E-state index contributed by atoms with van der Waals surface area (Å²) in [4.78, 5) is 56.5. The molecular weight excluding hydrogens is 1360 g/mol. The maximum atomic E-state index is 14.3. The molecule has 99 heavy (non-hydrogen) atoms. The normalized spacial score (nSPS) is 10.7. The summed E-state index contributed by atoms with van der Waals surface area (Å²) in [7, 11) is -11.8. The van der Waals surface area contributed by atoms with E-state index in [2.05, 4.69) is 76.3 Å². The number of primary sulfonamides is 1. The van der Waals surface area contributed by atoms with Crippen molar-refractivity contribution in [3.8, 4) is 17.2 Å². The summed E-state index contributed by atoms with van der Waals surface area (Å²) in [5.41, 5.74) is 4.10. The molecule has 0 saturated carbocycles. The van der Waals surface area contributed by atoms with Crippen LogP contribution in [0.5, 0.6) is 17.2 Å². The van der Waals surface area contributed by atoms with Gasteiger partial charge in [-0.1, -0.05) is 32.0 Å². The fraction of sp³-hybridized carbons (Fsp3) is 0.172. The Kier molecular flexibility index (Phi) is 27.8. The van der Waals surface area contributed by atoms with Crippen molar-refractivity contribution in [3.05, 3.63) is 214 Å². The first-order valence-corrected chi connectivity index (χ1v) is 33.4. The summed E-state index contributed by atoms with van der Waals surface area (Å²) in [6, 6.07) is 33.3. The SMILES string of the molecule is [C-]#[N+]COc1ccc(Nc2nc(Nc3ccc(C)c(S(=O)(=O)CC(=O)CC)c3)ncc2F)cc1.[C-]#[N+]COc1ccc(Nc2nc(Nc3ccc(C)c(S(=O)(=O)NC(=O)CC)c3)ncc2F)cc1.[C-]#[N+]COc1ccc(Nc2nc(Nc3ccc(C)c(S(N)(=O)=O)c3)ncc2F)cc1.[H-].[Na+]. The quantitative estimate of drug-likeness (QED) is 0.0185. The van der Waals surface area contributed by atoms with Crippen molar-refractivity contribution >= 4 is 111 Å². The summed E-state index contributed by atoms with van der Waals surface area (Å²) >= 11 is 0. The number of sulfonamides is 2. The number of aromatic nitrogens is 6. The van der Waals surface area contributed by atoms with Gasteiger partial charge in [0, 0.05) is 47.0 Å². The van der Waals surface area contributed by atoms with Crippen LogP contribution in [0.4, 0.5) is 82.6 Å². The van der Waals surface area contributed by atoms with Crippen LogP contribution in [0.2, 0.25) is 0 Å². The van der Waals surface area contributed by atoms with Gasteiger partial charge in [-0.25, -0.2) is 83.0 Å². The number of hydrogen-bond acceptors (Lipinski definition) is 23. The van der Waals surface area contributed by atoms with Crippen LogP contribution in [-0.4, -0.2) is 92.8 Å². The van der Waals surface area contributed by atoms with E-state index in [1.807, 2.05) is 4.72 Å². The molecule has 0 radical (unpaired) electrons. The van der Waals surface area contributed by atoms with E-state index in [9.17, 15) is 48.0 Å². The number of nitrogens with two attached hydrogens (primary N) is 1. The van der Waals surface area contributed by atoms with Crippen LogP contribution in [0.15, 0.2) is 161 Å². The third-order valence-electron chi connectivity index (χ3n) is 13.0. The minimum absolute atomic E-state index is 0. The Morgan fingerprint density at radius 2 is 0.788 bits per heavy atom. The van der Waals surface area contributed by atoms with Crippen LogP contribution >= 0.6 is 0 Å². The van der Waals surface area contributed by atoms with Crippen molar-refractivity contribution in [1.29, 1.82) is 0 Å². The van der Waals surface area contributed by atoms with Crippen molar-refractivity contribution in [2.45, 2.75) is 62.1 Å². The van der Waals surface area contributed by atoms with E-state index < -0.39 is 59.0 Å². The molecule has 0 saturated heterocycles. The van der Waals surface area contributed by atoms with Crippen molar-refractivity contribution in [2.75, 3.05) is 57.8 Å². The van der Waals surface area contributed by atoms with E-state index in [0.29, 0.717) is 68.1 Å². The summed E-state index contributed by atoms with van der Waals surface area (Å²) in [6.07, 6.45) is 3.09. The number of amides is 1. The van der Waals surface area contributed by atoms with Crippen molar-refractivity contribution in [3.63, 3.8) is 0 Å². The number of sulfone groups is 1. The van der Waals surface area contributed by atoms with E-state index in [4.69, 9.17) is 39.1 Å². The Hall–Kier alpha value is -11.0. The average Bonchev–Trinajstić information content (AvgIpc) is 0.817. The van der Waals surface area contributed by atoms with Gasteiger partial charge in [-0.3, -0.25) is 24.1 Å². The number of nitrogens with zero attached hydrogens (tertiary/aromatic N) is 9. The van der Waals surface area contributed by atoms with Crippen LogP contribution in [0.3, 0.4) is 0 Å². The van der Waals surface area contributed by atoms with Gasteiger partial charge in [0.2, 0.25) is 33.8 Å². The van der Waals surface area contributed by atoms with Crippen LogP contribution in [-0.2, 0) is 39.5 Å². The Labute approximate surface area is 591 Å². The van der Waals surface area contributed by atoms with Crippen molar-refractivity contribution in [1.82, 2.24) is 34.6 Å². The Balaban J connectivity index is 0.000000268. The second-order valence-corrected chi connectivity index (χ2v) is 25.4. The third kappa shape index (κ3) is 23.1. The summed E-state index contributed by atoms with van der Waals surface area (Å²) in [5, 5.41) is 22.3. The molecule has 3 aromatic heterocycles. The van der Waals surface area contributed by atoms with E-state index in [-0.39, 0.29) is 120 Å². The fourth-order valence-corrected chi connectivity index (χ4v) is 12.0. The molecule has 9 N–H and O–H groups in total. The summed E-state index contributed by atoms with van der Waals surface area (Å²) in [5.74, 6) is -2.32. The number of ether oxygens (including phenoxy) is 3. The Morgan fingerprint density at radius 1 is 0.475 bits per heavy atom. The van der Waals surface area contributed by atoms with Crippen molar-refractivity contribution in [2.24, 2.45) is 5.14 Å². The molecule has 35 heteroatoms. The average molecular weight is 1420 g/mol. The zero-order chi connectivity index (χ0) is 71.2. The molecule has 0 fully saturated rings. The van der Waals surface area contributed by atoms with Crippen LogP contribution in [0.25, 0.3) is 14.5 Å². The number of anilines is 12. The van der Waals surface area contributed by atoms with E-state index in [0.717, 1.165) is 18.6 Å². The number of hydrogen-bond donors (Lipinski definition) is 8. The molecule has 0 bridgehead atoms. The van der Waals surface area contributed by atoms with Gasteiger partial charge in [0.25, 0.3) is 10.0 Å². The van der Waals surface area contributed by atoms with Gasteiger partial charge in [-0.15, -0.1) is 0 Å². The zero-order valence-corrected chi connectivity index (χ0v) is 58.0. The summed E-state index contributed by atoms with van der Waals surface area (Å²) in [6.45, 7) is 27.9. The largest absolute Gasteiger partial charge is 1.00 e. The predicted octanol–water partition coefficient (Wildman–Crippen LogP) is 8.73. The molecular formula is C64H61F3N17NaO11S3. The van der Waals surface area contributed by atoms with Gasteiger partial charge in [-0.2, -0.15) is 15.0 Å². The Morgan fingerprint density at radius 3 is 1.11 bits per heavy atom. The molecule has 9 rings (SSSR count). The molecule has 9 aromatic rings. The monoisotopic (exact) mass is 1420 g/mol. The van der Waals surface area contributed by atoms with Gasteiger partial charge in [-0.05, 0) is 147 Å². The zero-order valence-electron chi connectivity index (χ0n) is 54.6. The first-order chi connectivity index (χ1) is 46.7. The molecule has 0 spiro atoms. The Bertz CT molecular complexity index is 4660. The van der Waals surface area contributed by atoms with E-state index >= 15 is 0 Å². The number of Topliss-reactive ketones (excluding diaryl/α,β-unsaturated/α-hetero) is 1. The maximum Gasteiger partial charge on any atom is 1.00 e. The second kappa shape index (κ2) is 35.8.